The van der Waals surface area contributed by atoms with Gasteiger partial charge in [-0.05, 0) is 47.5 Å². The molecule has 4 heteroatoms. The molecule has 0 amide bonds. The van der Waals surface area contributed by atoms with Crippen molar-refractivity contribution in [1.82, 2.24) is 9.55 Å². The number of ether oxygens (including phenoxy) is 1. The fourth-order valence-electron chi connectivity index (χ4n) is 2.99. The molecule has 3 aromatic carbocycles. The van der Waals surface area contributed by atoms with E-state index in [1.54, 1.807) is 0 Å². The van der Waals surface area contributed by atoms with E-state index in [1.807, 2.05) is 79.0 Å². The summed E-state index contributed by atoms with van der Waals surface area (Å²) in [7, 11) is 0. The van der Waals surface area contributed by atoms with Crippen molar-refractivity contribution < 1.29 is 4.74 Å². The molecule has 0 unspecified atom stereocenters. The average Bonchev–Trinajstić information content (AvgIpc) is 3.10. The molecule has 0 saturated carbocycles. The summed E-state index contributed by atoms with van der Waals surface area (Å²) in [6.45, 7) is 5.06. The maximum Gasteiger partial charge on any atom is 0.230 e. The number of benzene rings is 3. The number of rotatable bonds is 7. The Balaban J connectivity index is 1.48. The van der Waals surface area contributed by atoms with Crippen LogP contribution in [0.4, 0.5) is 5.95 Å². The minimum atomic E-state index is 0.555. The van der Waals surface area contributed by atoms with Crippen LogP contribution in [0.2, 0.25) is 0 Å². The van der Waals surface area contributed by atoms with E-state index < -0.39 is 0 Å². The van der Waals surface area contributed by atoms with Crippen molar-refractivity contribution in [3.63, 3.8) is 0 Å². The Morgan fingerprint density at radius 2 is 1.68 bits per heavy atom. The minimum Gasteiger partial charge on any atom is -0.489 e. The SMILES string of the molecule is C=CCn1c(N=Cc2ccc(OCc3ccccc3)cc2)nc2ccccc21. The largest absolute Gasteiger partial charge is 0.489 e. The van der Waals surface area contributed by atoms with Gasteiger partial charge in [0.15, 0.2) is 0 Å². The number of imidazole rings is 1. The Kier molecular flexibility index (Phi) is 5.29. The molecule has 0 bridgehead atoms. The smallest absolute Gasteiger partial charge is 0.230 e. The summed E-state index contributed by atoms with van der Waals surface area (Å²) in [4.78, 5) is 9.21. The number of aromatic nitrogens is 2. The third kappa shape index (κ3) is 4.01. The van der Waals surface area contributed by atoms with Crippen LogP contribution in [0.15, 0.2) is 96.5 Å². The van der Waals surface area contributed by atoms with E-state index in [4.69, 9.17) is 4.74 Å². The second-order valence-electron chi connectivity index (χ2n) is 6.40. The fraction of sp³-hybridized carbons (Fsp3) is 0.0833. The number of fused-ring (bicyclic) bond motifs is 1. The molecule has 28 heavy (non-hydrogen) atoms. The Bertz CT molecular complexity index is 1100. The van der Waals surface area contributed by atoms with Crippen molar-refractivity contribution in [2.45, 2.75) is 13.2 Å². The highest BCUT2D eigenvalue weighted by Gasteiger charge is 2.07. The Morgan fingerprint density at radius 1 is 0.929 bits per heavy atom. The monoisotopic (exact) mass is 367 g/mol. The predicted molar refractivity (Wildman–Crippen MR) is 114 cm³/mol. The molecule has 4 nitrogen and oxygen atoms in total. The van der Waals surface area contributed by atoms with Crippen molar-refractivity contribution in [1.29, 1.82) is 0 Å². The molecule has 1 heterocycles. The number of para-hydroxylation sites is 2. The van der Waals surface area contributed by atoms with E-state index in [9.17, 15) is 0 Å². The molecule has 0 fully saturated rings. The Morgan fingerprint density at radius 3 is 2.46 bits per heavy atom. The van der Waals surface area contributed by atoms with Crippen LogP contribution < -0.4 is 4.74 Å². The molecular formula is C24H21N3O. The van der Waals surface area contributed by atoms with Gasteiger partial charge in [-0.1, -0.05) is 48.5 Å². The van der Waals surface area contributed by atoms with E-state index in [2.05, 4.69) is 33.3 Å². The fourth-order valence-corrected chi connectivity index (χ4v) is 2.99. The number of aliphatic imine (C=N–C) groups is 1. The summed E-state index contributed by atoms with van der Waals surface area (Å²) in [6, 6.07) is 26.0. The molecule has 4 aromatic rings. The predicted octanol–water partition coefficient (Wildman–Crippen LogP) is 5.55. The summed E-state index contributed by atoms with van der Waals surface area (Å²) >= 11 is 0. The molecule has 0 aliphatic rings. The number of allylic oxidation sites excluding steroid dienone is 1. The van der Waals surface area contributed by atoms with Crippen molar-refractivity contribution in [2.75, 3.05) is 0 Å². The van der Waals surface area contributed by atoms with Gasteiger partial charge in [0, 0.05) is 12.8 Å². The van der Waals surface area contributed by atoms with E-state index in [-0.39, 0.29) is 0 Å². The molecule has 0 N–H and O–H groups in total. The highest BCUT2D eigenvalue weighted by Crippen LogP contribution is 2.22. The third-order valence-corrected chi connectivity index (χ3v) is 4.40. The zero-order valence-corrected chi connectivity index (χ0v) is 15.5. The molecule has 1 aromatic heterocycles. The van der Waals surface area contributed by atoms with E-state index in [1.165, 1.54) is 0 Å². The normalized spacial score (nSPS) is 11.1. The van der Waals surface area contributed by atoms with Crippen LogP contribution in [0.1, 0.15) is 11.1 Å². The van der Waals surface area contributed by atoms with Gasteiger partial charge in [0.1, 0.15) is 12.4 Å². The quantitative estimate of drug-likeness (QED) is 0.317. The number of hydrogen-bond donors (Lipinski definition) is 0. The summed E-state index contributed by atoms with van der Waals surface area (Å²) in [5, 5.41) is 0. The van der Waals surface area contributed by atoms with Gasteiger partial charge < -0.3 is 9.30 Å². The van der Waals surface area contributed by atoms with Gasteiger partial charge in [-0.3, -0.25) is 0 Å². The highest BCUT2D eigenvalue weighted by molar-refractivity contribution is 5.83. The van der Waals surface area contributed by atoms with Crippen LogP contribution in [-0.2, 0) is 13.2 Å². The van der Waals surface area contributed by atoms with Gasteiger partial charge in [0.2, 0.25) is 5.95 Å². The second kappa shape index (κ2) is 8.35. The maximum atomic E-state index is 5.83. The van der Waals surface area contributed by atoms with Crippen LogP contribution in [0.3, 0.4) is 0 Å². The maximum absolute atomic E-state index is 5.83. The summed E-state index contributed by atoms with van der Waals surface area (Å²) in [5.41, 5.74) is 4.12. The van der Waals surface area contributed by atoms with Gasteiger partial charge in [-0.25, -0.2) is 9.98 Å². The summed E-state index contributed by atoms with van der Waals surface area (Å²) in [5.74, 6) is 1.51. The number of hydrogen-bond acceptors (Lipinski definition) is 3. The molecule has 0 saturated heterocycles. The number of nitrogens with zero attached hydrogens (tertiary/aromatic N) is 3. The average molecular weight is 367 g/mol. The van der Waals surface area contributed by atoms with E-state index in [0.29, 0.717) is 19.1 Å². The van der Waals surface area contributed by atoms with Gasteiger partial charge >= 0.3 is 0 Å². The standard InChI is InChI=1S/C24H21N3O/c1-2-16-27-23-11-7-6-10-22(23)26-24(27)25-17-19-12-14-21(15-13-19)28-18-20-8-4-3-5-9-20/h2-15,17H,1,16,18H2. The van der Waals surface area contributed by atoms with Gasteiger partial charge in [0.05, 0.1) is 11.0 Å². The second-order valence-corrected chi connectivity index (χ2v) is 6.40. The highest BCUT2D eigenvalue weighted by atomic mass is 16.5. The molecule has 0 radical (unpaired) electrons. The van der Waals surface area contributed by atoms with Crippen molar-refractivity contribution in [2.24, 2.45) is 4.99 Å². The van der Waals surface area contributed by atoms with Crippen LogP contribution in [0, 0.1) is 0 Å². The molecule has 0 aliphatic carbocycles. The van der Waals surface area contributed by atoms with E-state index >= 15 is 0 Å². The van der Waals surface area contributed by atoms with Crippen molar-refractivity contribution in [3.05, 3.63) is 103 Å². The molecule has 0 atom stereocenters. The molecular weight excluding hydrogens is 346 g/mol. The van der Waals surface area contributed by atoms with Gasteiger partial charge in [-0.15, -0.1) is 6.58 Å². The summed E-state index contributed by atoms with van der Waals surface area (Å²) < 4.78 is 7.88. The van der Waals surface area contributed by atoms with Crippen molar-refractivity contribution in [3.8, 4) is 5.75 Å². The van der Waals surface area contributed by atoms with Crippen LogP contribution in [0.5, 0.6) is 5.75 Å². The van der Waals surface area contributed by atoms with Crippen LogP contribution in [0.25, 0.3) is 11.0 Å². The lowest BCUT2D eigenvalue weighted by Gasteiger charge is -2.06. The molecule has 0 spiro atoms. The zero-order valence-electron chi connectivity index (χ0n) is 15.5. The minimum absolute atomic E-state index is 0.555. The van der Waals surface area contributed by atoms with Crippen molar-refractivity contribution >= 4 is 23.2 Å². The first-order valence-corrected chi connectivity index (χ1v) is 9.20. The topological polar surface area (TPSA) is 39.4 Å². The van der Waals surface area contributed by atoms with Gasteiger partial charge in [-0.2, -0.15) is 0 Å². The molecule has 4 rings (SSSR count). The van der Waals surface area contributed by atoms with Crippen LogP contribution in [-0.4, -0.2) is 15.8 Å². The first-order valence-electron chi connectivity index (χ1n) is 9.20. The molecule has 138 valence electrons. The Hall–Kier alpha value is -3.66. The lowest BCUT2D eigenvalue weighted by atomic mass is 10.2. The van der Waals surface area contributed by atoms with Crippen LogP contribution >= 0.6 is 0 Å². The lowest BCUT2D eigenvalue weighted by Crippen LogP contribution is -1.95. The molecule has 0 aliphatic heterocycles. The van der Waals surface area contributed by atoms with E-state index in [0.717, 1.165) is 27.9 Å². The van der Waals surface area contributed by atoms with Gasteiger partial charge in [0.25, 0.3) is 0 Å². The lowest BCUT2D eigenvalue weighted by molar-refractivity contribution is 0.306. The first-order chi connectivity index (χ1) is 13.8. The third-order valence-electron chi connectivity index (χ3n) is 4.40. The zero-order chi connectivity index (χ0) is 19.2. The summed E-state index contributed by atoms with van der Waals surface area (Å²) in [6.07, 6.45) is 3.67. The Labute approximate surface area is 164 Å². The first kappa shape index (κ1) is 17.7.